The quantitative estimate of drug-likeness (QED) is 0.539. The summed E-state index contributed by atoms with van der Waals surface area (Å²) >= 11 is 0. The van der Waals surface area contributed by atoms with E-state index >= 15 is 0 Å². The lowest BCUT2D eigenvalue weighted by Gasteiger charge is -2.28. The van der Waals surface area contributed by atoms with Crippen molar-refractivity contribution in [2.75, 3.05) is 5.32 Å². The van der Waals surface area contributed by atoms with E-state index in [1.165, 1.54) is 18.2 Å². The molecule has 0 aliphatic carbocycles. The minimum absolute atomic E-state index is 0.118. The predicted octanol–water partition coefficient (Wildman–Crippen LogP) is 2.35. The Hall–Kier alpha value is -3.68. The maximum atomic E-state index is 12.9. The van der Waals surface area contributed by atoms with Gasteiger partial charge in [0.2, 0.25) is 5.91 Å². The van der Waals surface area contributed by atoms with Gasteiger partial charge < -0.3 is 15.5 Å². The molecule has 2 aromatic carbocycles. The fraction of sp³-hybridized carbons (Fsp3) is 0.200. The number of nitrogens with one attached hydrogen (secondary N) is 1. The summed E-state index contributed by atoms with van der Waals surface area (Å²) in [5.74, 6) is -3.83. The van der Waals surface area contributed by atoms with Crippen LogP contribution in [0.25, 0.3) is 0 Å². The summed E-state index contributed by atoms with van der Waals surface area (Å²) in [5, 5.41) is 21.5. The van der Waals surface area contributed by atoms with Crippen LogP contribution in [0.5, 0.6) is 5.75 Å². The smallest absolute Gasteiger partial charge is 0.335 e. The Morgan fingerprint density at radius 3 is 2.07 bits per heavy atom. The van der Waals surface area contributed by atoms with Crippen LogP contribution < -0.4 is 5.32 Å². The minimum Gasteiger partial charge on any atom is -0.506 e. The van der Waals surface area contributed by atoms with E-state index in [0.29, 0.717) is 0 Å². The third kappa shape index (κ3) is 3.20. The molecule has 0 saturated heterocycles. The molecule has 1 atom stereocenters. The number of phenols is 1. The number of carboxylic acid groups (broad SMARTS) is 1. The third-order valence-electron chi connectivity index (χ3n) is 4.51. The third-order valence-corrected chi connectivity index (χ3v) is 4.51. The highest BCUT2D eigenvalue weighted by Crippen LogP contribution is 2.29. The first kappa shape index (κ1) is 19.1. The van der Waals surface area contributed by atoms with Gasteiger partial charge in [0, 0.05) is 0 Å². The van der Waals surface area contributed by atoms with Crippen LogP contribution in [0.4, 0.5) is 5.69 Å². The molecule has 0 bridgehead atoms. The lowest BCUT2D eigenvalue weighted by atomic mass is 10.0. The molecule has 144 valence electrons. The number of aromatic carboxylic acids is 1. The van der Waals surface area contributed by atoms with Crippen molar-refractivity contribution in [3.63, 3.8) is 0 Å². The molecular weight excluding hydrogens is 364 g/mol. The van der Waals surface area contributed by atoms with Gasteiger partial charge in [-0.15, -0.1) is 0 Å². The number of hydrogen-bond donors (Lipinski definition) is 3. The molecular formula is C20H18N2O6. The number of carboxylic acids is 1. The van der Waals surface area contributed by atoms with Crippen molar-refractivity contribution in [3.8, 4) is 5.75 Å². The number of hydrogen-bond acceptors (Lipinski definition) is 5. The summed E-state index contributed by atoms with van der Waals surface area (Å²) in [7, 11) is 0. The fourth-order valence-corrected chi connectivity index (χ4v) is 3.15. The Balaban J connectivity index is 1.93. The first-order valence-electron chi connectivity index (χ1n) is 8.56. The van der Waals surface area contributed by atoms with E-state index in [-0.39, 0.29) is 28.1 Å². The van der Waals surface area contributed by atoms with Crippen LogP contribution in [0.3, 0.4) is 0 Å². The molecule has 1 heterocycles. The Morgan fingerprint density at radius 1 is 1.00 bits per heavy atom. The second-order valence-corrected chi connectivity index (χ2v) is 6.74. The van der Waals surface area contributed by atoms with Gasteiger partial charge in [0.05, 0.1) is 22.4 Å². The van der Waals surface area contributed by atoms with Gasteiger partial charge in [0.15, 0.2) is 0 Å². The number of phenolic OH excluding ortho intramolecular Hbond substituents is 1. The van der Waals surface area contributed by atoms with E-state index in [2.05, 4.69) is 5.32 Å². The molecule has 0 spiro atoms. The van der Waals surface area contributed by atoms with Crippen LogP contribution in [0.2, 0.25) is 0 Å². The van der Waals surface area contributed by atoms with Crippen molar-refractivity contribution in [2.24, 2.45) is 5.92 Å². The number of rotatable bonds is 5. The van der Waals surface area contributed by atoms with Gasteiger partial charge in [0.25, 0.3) is 11.8 Å². The summed E-state index contributed by atoms with van der Waals surface area (Å²) in [5.41, 5.74) is 0.199. The van der Waals surface area contributed by atoms with E-state index in [9.17, 15) is 24.3 Å². The van der Waals surface area contributed by atoms with Gasteiger partial charge in [-0.05, 0) is 36.2 Å². The molecule has 0 fully saturated rings. The van der Waals surface area contributed by atoms with E-state index in [4.69, 9.17) is 5.11 Å². The van der Waals surface area contributed by atoms with Crippen molar-refractivity contribution in [1.82, 2.24) is 4.90 Å². The zero-order chi connectivity index (χ0) is 20.6. The number of amides is 3. The Bertz CT molecular complexity index is 963. The van der Waals surface area contributed by atoms with Gasteiger partial charge in [-0.2, -0.15) is 0 Å². The van der Waals surface area contributed by atoms with Crippen molar-refractivity contribution < 1.29 is 29.4 Å². The van der Waals surface area contributed by atoms with Crippen LogP contribution in [-0.4, -0.2) is 44.8 Å². The highest BCUT2D eigenvalue weighted by Gasteiger charge is 2.44. The lowest BCUT2D eigenvalue weighted by molar-refractivity contribution is -0.121. The van der Waals surface area contributed by atoms with Crippen molar-refractivity contribution in [3.05, 3.63) is 59.2 Å². The molecule has 8 nitrogen and oxygen atoms in total. The standard InChI is InChI=1S/C20H18N2O6/c1-10(2)16(22-18(25)12-5-3-4-6-13(12)19(22)26)17(24)21-14-9-11(20(27)28)7-8-15(14)23/h3-10,16,23H,1-2H3,(H,21,24)(H,27,28). The van der Waals surface area contributed by atoms with Crippen molar-refractivity contribution >= 4 is 29.4 Å². The Morgan fingerprint density at radius 2 is 1.57 bits per heavy atom. The average Bonchev–Trinajstić information content (AvgIpc) is 2.89. The van der Waals surface area contributed by atoms with Gasteiger partial charge in [-0.1, -0.05) is 26.0 Å². The largest absolute Gasteiger partial charge is 0.506 e. The highest BCUT2D eigenvalue weighted by atomic mass is 16.4. The van der Waals surface area contributed by atoms with Gasteiger partial charge in [-0.25, -0.2) is 4.79 Å². The summed E-state index contributed by atoms with van der Waals surface area (Å²) in [6.07, 6.45) is 0. The summed E-state index contributed by atoms with van der Waals surface area (Å²) < 4.78 is 0. The fourth-order valence-electron chi connectivity index (χ4n) is 3.15. The molecule has 3 N–H and O–H groups in total. The molecule has 0 aromatic heterocycles. The van der Waals surface area contributed by atoms with Crippen molar-refractivity contribution in [1.29, 1.82) is 0 Å². The Labute approximate surface area is 160 Å². The number of carbonyl (C=O) groups is 4. The Kier molecular flexibility index (Phi) is 4.87. The van der Waals surface area contributed by atoms with Crippen LogP contribution in [0.15, 0.2) is 42.5 Å². The number of carbonyl (C=O) groups excluding carboxylic acids is 3. The van der Waals surface area contributed by atoms with E-state index < -0.39 is 35.7 Å². The zero-order valence-electron chi connectivity index (χ0n) is 15.2. The van der Waals surface area contributed by atoms with Gasteiger partial charge >= 0.3 is 5.97 Å². The first-order valence-corrected chi connectivity index (χ1v) is 8.56. The molecule has 2 aromatic rings. The summed E-state index contributed by atoms with van der Waals surface area (Å²) in [4.78, 5) is 50.4. The second-order valence-electron chi connectivity index (χ2n) is 6.74. The monoisotopic (exact) mass is 382 g/mol. The SMILES string of the molecule is CC(C)C(C(=O)Nc1cc(C(=O)O)ccc1O)N1C(=O)c2ccccc2C1=O. The molecule has 1 aliphatic rings. The normalized spacial score (nSPS) is 14.2. The number of aromatic hydroxyl groups is 1. The lowest BCUT2D eigenvalue weighted by Crippen LogP contribution is -2.50. The molecule has 8 heteroatoms. The molecule has 0 saturated carbocycles. The molecule has 1 unspecified atom stereocenters. The van der Waals surface area contributed by atoms with Gasteiger partial charge in [-0.3, -0.25) is 19.3 Å². The molecule has 1 aliphatic heterocycles. The first-order chi connectivity index (χ1) is 13.2. The predicted molar refractivity (Wildman–Crippen MR) is 99.3 cm³/mol. The maximum Gasteiger partial charge on any atom is 0.335 e. The molecule has 28 heavy (non-hydrogen) atoms. The summed E-state index contributed by atoms with van der Waals surface area (Å²) in [6, 6.07) is 8.61. The topological polar surface area (TPSA) is 124 Å². The van der Waals surface area contributed by atoms with Crippen LogP contribution in [0.1, 0.15) is 44.9 Å². The average molecular weight is 382 g/mol. The van der Waals surface area contributed by atoms with E-state index in [1.54, 1.807) is 26.0 Å². The van der Waals surface area contributed by atoms with Crippen molar-refractivity contribution in [2.45, 2.75) is 19.9 Å². The zero-order valence-corrected chi connectivity index (χ0v) is 15.2. The minimum atomic E-state index is -1.23. The molecule has 3 rings (SSSR count). The van der Waals surface area contributed by atoms with Crippen LogP contribution in [-0.2, 0) is 4.79 Å². The highest BCUT2D eigenvalue weighted by molar-refractivity contribution is 6.23. The van der Waals surface area contributed by atoms with E-state index in [0.717, 1.165) is 17.0 Å². The number of anilines is 1. The maximum absolute atomic E-state index is 12.9. The number of nitrogens with zero attached hydrogens (tertiary/aromatic N) is 1. The number of imide groups is 1. The van der Waals surface area contributed by atoms with Crippen LogP contribution in [0, 0.1) is 5.92 Å². The summed E-state index contributed by atoms with van der Waals surface area (Å²) in [6.45, 7) is 3.36. The van der Waals surface area contributed by atoms with E-state index in [1.807, 2.05) is 0 Å². The molecule has 0 radical (unpaired) electrons. The van der Waals surface area contributed by atoms with Crippen LogP contribution >= 0.6 is 0 Å². The number of benzene rings is 2. The second kappa shape index (κ2) is 7.15. The molecule has 3 amide bonds. The number of fused-ring (bicyclic) bond motifs is 1. The van der Waals surface area contributed by atoms with Gasteiger partial charge in [0.1, 0.15) is 11.8 Å².